The van der Waals surface area contributed by atoms with Crippen LogP contribution in [-0.4, -0.2) is 28.6 Å². The number of rotatable bonds is 5. The number of aromatic nitrogens is 4. The van der Waals surface area contributed by atoms with E-state index in [4.69, 9.17) is 11.6 Å². The minimum absolute atomic E-state index is 0.100. The molecule has 0 aliphatic heterocycles. The number of fused-ring (bicyclic) bond motifs is 1. The SMILES string of the molecule is Cc1ccccc1S(=O)(=O)Nc1n[nH]c2ncnc(Nc3cccc(Cl)c3)c12. The Balaban J connectivity index is 1.76. The second-order valence-corrected chi connectivity index (χ2v) is 8.11. The molecular formula is C18H15ClN6O2S. The molecule has 2 heterocycles. The van der Waals surface area contributed by atoms with E-state index in [2.05, 4.69) is 30.2 Å². The Kier molecular flexibility index (Phi) is 4.62. The zero-order valence-corrected chi connectivity index (χ0v) is 16.2. The molecule has 2 aromatic heterocycles. The minimum Gasteiger partial charge on any atom is -0.339 e. The number of aryl methyl sites for hydroxylation is 1. The fraction of sp³-hybridized carbons (Fsp3) is 0.0556. The maximum absolute atomic E-state index is 12.8. The van der Waals surface area contributed by atoms with E-state index >= 15 is 0 Å². The van der Waals surface area contributed by atoms with Crippen LogP contribution in [-0.2, 0) is 10.0 Å². The predicted molar refractivity (Wildman–Crippen MR) is 108 cm³/mol. The number of anilines is 3. The van der Waals surface area contributed by atoms with E-state index in [0.717, 1.165) is 0 Å². The van der Waals surface area contributed by atoms with Crippen molar-refractivity contribution < 1.29 is 8.42 Å². The van der Waals surface area contributed by atoms with E-state index < -0.39 is 10.0 Å². The number of nitrogens with zero attached hydrogens (tertiary/aromatic N) is 3. The molecule has 0 aliphatic carbocycles. The number of aromatic amines is 1. The van der Waals surface area contributed by atoms with Crippen LogP contribution in [0.3, 0.4) is 0 Å². The zero-order valence-electron chi connectivity index (χ0n) is 14.6. The summed E-state index contributed by atoms with van der Waals surface area (Å²) in [6.07, 6.45) is 1.35. The van der Waals surface area contributed by atoms with Gasteiger partial charge in [-0.1, -0.05) is 35.9 Å². The average molecular weight is 415 g/mol. The molecule has 4 aromatic rings. The summed E-state index contributed by atoms with van der Waals surface area (Å²) < 4.78 is 28.2. The van der Waals surface area contributed by atoms with Gasteiger partial charge in [0.05, 0.1) is 4.90 Å². The molecule has 0 bridgehead atoms. The molecule has 0 spiro atoms. The van der Waals surface area contributed by atoms with Gasteiger partial charge in [-0.15, -0.1) is 0 Å². The Labute approximate surface area is 166 Å². The quantitative estimate of drug-likeness (QED) is 0.457. The van der Waals surface area contributed by atoms with Crippen molar-refractivity contribution in [3.05, 3.63) is 65.4 Å². The summed E-state index contributed by atoms with van der Waals surface area (Å²) in [5.41, 5.74) is 1.71. The van der Waals surface area contributed by atoms with Crippen LogP contribution in [0.4, 0.5) is 17.3 Å². The highest BCUT2D eigenvalue weighted by Crippen LogP contribution is 2.30. The number of sulfonamides is 1. The van der Waals surface area contributed by atoms with Crippen LogP contribution in [0.25, 0.3) is 11.0 Å². The number of H-pyrrole nitrogens is 1. The molecule has 0 atom stereocenters. The van der Waals surface area contributed by atoms with Gasteiger partial charge in [-0.2, -0.15) is 5.10 Å². The highest BCUT2D eigenvalue weighted by atomic mass is 35.5. The lowest BCUT2D eigenvalue weighted by Gasteiger charge is -2.10. The van der Waals surface area contributed by atoms with E-state index in [1.807, 2.05) is 6.07 Å². The second-order valence-electron chi connectivity index (χ2n) is 6.02. The van der Waals surface area contributed by atoms with Gasteiger partial charge in [-0.05, 0) is 36.8 Å². The number of nitrogens with one attached hydrogen (secondary N) is 3. The molecule has 4 rings (SSSR count). The summed E-state index contributed by atoms with van der Waals surface area (Å²) in [6.45, 7) is 1.73. The van der Waals surface area contributed by atoms with Crippen molar-refractivity contribution in [1.29, 1.82) is 0 Å². The highest BCUT2D eigenvalue weighted by molar-refractivity contribution is 7.92. The summed E-state index contributed by atoms with van der Waals surface area (Å²) in [5.74, 6) is 0.492. The molecule has 8 nitrogen and oxygen atoms in total. The molecule has 0 radical (unpaired) electrons. The predicted octanol–water partition coefficient (Wildman–Crippen LogP) is 3.86. The molecule has 3 N–H and O–H groups in total. The molecule has 0 aliphatic rings. The lowest BCUT2D eigenvalue weighted by Crippen LogP contribution is -2.15. The standard InChI is InChI=1S/C18H15ClN6O2S/c1-11-5-2-3-8-14(11)28(26,27)25-18-15-16(20-10-21-17(15)23-24-18)22-13-7-4-6-12(19)9-13/h2-10H,1H3,(H3,20,21,22,23,24,25). The molecule has 0 unspecified atom stereocenters. The third kappa shape index (κ3) is 3.49. The topological polar surface area (TPSA) is 113 Å². The molecule has 0 saturated carbocycles. The number of halogens is 1. The third-order valence-electron chi connectivity index (χ3n) is 4.06. The summed E-state index contributed by atoms with van der Waals surface area (Å²) in [5, 5.41) is 10.9. The normalized spacial score (nSPS) is 11.5. The maximum atomic E-state index is 12.8. The lowest BCUT2D eigenvalue weighted by atomic mass is 10.2. The monoisotopic (exact) mass is 414 g/mol. The van der Waals surface area contributed by atoms with Crippen molar-refractivity contribution in [2.24, 2.45) is 0 Å². The van der Waals surface area contributed by atoms with Crippen LogP contribution in [0.1, 0.15) is 5.56 Å². The van der Waals surface area contributed by atoms with Gasteiger partial charge < -0.3 is 5.32 Å². The van der Waals surface area contributed by atoms with Crippen LogP contribution in [0.2, 0.25) is 5.02 Å². The smallest absolute Gasteiger partial charge is 0.263 e. The minimum atomic E-state index is -3.84. The van der Waals surface area contributed by atoms with Gasteiger partial charge in [0, 0.05) is 10.7 Å². The first-order valence-corrected chi connectivity index (χ1v) is 10.1. The van der Waals surface area contributed by atoms with Crippen molar-refractivity contribution in [2.45, 2.75) is 11.8 Å². The van der Waals surface area contributed by atoms with Gasteiger partial charge in [0.15, 0.2) is 11.5 Å². The maximum Gasteiger partial charge on any atom is 0.263 e. The van der Waals surface area contributed by atoms with Gasteiger partial charge in [0.1, 0.15) is 17.5 Å². The summed E-state index contributed by atoms with van der Waals surface area (Å²) in [6, 6.07) is 13.8. The summed E-state index contributed by atoms with van der Waals surface area (Å²) in [7, 11) is -3.84. The van der Waals surface area contributed by atoms with E-state index in [0.29, 0.717) is 33.1 Å². The number of hydrogen-bond acceptors (Lipinski definition) is 6. The van der Waals surface area contributed by atoms with Crippen LogP contribution in [0.5, 0.6) is 0 Å². The highest BCUT2D eigenvalue weighted by Gasteiger charge is 2.21. The summed E-state index contributed by atoms with van der Waals surface area (Å²) in [4.78, 5) is 8.51. The van der Waals surface area contributed by atoms with E-state index in [1.54, 1.807) is 43.3 Å². The Hall–Kier alpha value is -3.17. The summed E-state index contributed by atoms with van der Waals surface area (Å²) >= 11 is 6.03. The fourth-order valence-corrected chi connectivity index (χ4v) is 4.22. The third-order valence-corrected chi connectivity index (χ3v) is 5.79. The van der Waals surface area contributed by atoms with Crippen molar-refractivity contribution in [2.75, 3.05) is 10.0 Å². The Bertz CT molecular complexity index is 1270. The van der Waals surface area contributed by atoms with Gasteiger partial charge >= 0.3 is 0 Å². The first-order chi connectivity index (χ1) is 13.4. The van der Waals surface area contributed by atoms with Gasteiger partial charge in [-0.3, -0.25) is 9.82 Å². The molecule has 10 heteroatoms. The van der Waals surface area contributed by atoms with Crippen molar-refractivity contribution in [3.8, 4) is 0 Å². The van der Waals surface area contributed by atoms with Crippen molar-refractivity contribution >= 4 is 50.0 Å². The van der Waals surface area contributed by atoms with Crippen LogP contribution in [0, 0.1) is 6.92 Å². The number of benzene rings is 2. The Morgan fingerprint density at radius 1 is 1.04 bits per heavy atom. The zero-order chi connectivity index (χ0) is 19.7. The van der Waals surface area contributed by atoms with E-state index in [1.165, 1.54) is 12.4 Å². The molecular weight excluding hydrogens is 400 g/mol. The Morgan fingerprint density at radius 2 is 1.86 bits per heavy atom. The molecule has 28 heavy (non-hydrogen) atoms. The van der Waals surface area contributed by atoms with Crippen molar-refractivity contribution in [1.82, 2.24) is 20.2 Å². The fourth-order valence-electron chi connectivity index (χ4n) is 2.77. The molecule has 0 saturated heterocycles. The molecule has 142 valence electrons. The van der Waals surface area contributed by atoms with Gasteiger partial charge in [0.2, 0.25) is 0 Å². The Morgan fingerprint density at radius 3 is 2.64 bits per heavy atom. The van der Waals surface area contributed by atoms with E-state index in [-0.39, 0.29) is 10.7 Å². The van der Waals surface area contributed by atoms with Crippen LogP contribution >= 0.6 is 11.6 Å². The van der Waals surface area contributed by atoms with E-state index in [9.17, 15) is 8.42 Å². The lowest BCUT2D eigenvalue weighted by molar-refractivity contribution is 0.600. The van der Waals surface area contributed by atoms with Gasteiger partial charge in [0.25, 0.3) is 10.0 Å². The second kappa shape index (κ2) is 7.10. The van der Waals surface area contributed by atoms with Crippen LogP contribution < -0.4 is 10.0 Å². The average Bonchev–Trinajstić information content (AvgIpc) is 3.05. The largest absolute Gasteiger partial charge is 0.339 e. The first kappa shape index (κ1) is 18.2. The number of hydrogen-bond donors (Lipinski definition) is 3. The molecule has 0 amide bonds. The first-order valence-electron chi connectivity index (χ1n) is 8.24. The molecule has 2 aromatic carbocycles. The van der Waals surface area contributed by atoms with Gasteiger partial charge in [-0.25, -0.2) is 18.4 Å². The van der Waals surface area contributed by atoms with Crippen LogP contribution in [0.15, 0.2) is 59.8 Å². The molecule has 0 fully saturated rings. The van der Waals surface area contributed by atoms with Crippen molar-refractivity contribution in [3.63, 3.8) is 0 Å².